The quantitative estimate of drug-likeness (QED) is 0.902. The highest BCUT2D eigenvalue weighted by atomic mass is 32.2. The van der Waals surface area contributed by atoms with Crippen molar-refractivity contribution in [2.24, 2.45) is 0 Å². The summed E-state index contributed by atoms with van der Waals surface area (Å²) >= 11 is 1.40. The lowest BCUT2D eigenvalue weighted by molar-refractivity contribution is 0.0623. The number of rotatable bonds is 4. The van der Waals surface area contributed by atoms with E-state index in [4.69, 9.17) is 0 Å². The second kappa shape index (κ2) is 6.41. The van der Waals surface area contributed by atoms with Crippen LogP contribution in [0.15, 0.2) is 0 Å². The van der Waals surface area contributed by atoms with Gasteiger partial charge in [0.1, 0.15) is 4.88 Å². The smallest absolute Gasteiger partial charge is 0.266 e. The first-order valence-electron chi connectivity index (χ1n) is 6.97. The molecule has 1 aliphatic heterocycles. The van der Waals surface area contributed by atoms with E-state index in [0.29, 0.717) is 11.4 Å². The lowest BCUT2D eigenvalue weighted by Crippen LogP contribution is -2.49. The number of amides is 1. The van der Waals surface area contributed by atoms with Gasteiger partial charge in [0.05, 0.1) is 17.0 Å². The number of nitrogens with one attached hydrogen (secondary N) is 1. The second-order valence-corrected chi connectivity index (χ2v) is 8.45. The van der Waals surface area contributed by atoms with Crippen molar-refractivity contribution in [3.63, 3.8) is 0 Å². The molecule has 0 aliphatic carbocycles. The molecule has 8 heteroatoms. The van der Waals surface area contributed by atoms with Crippen LogP contribution in [0.3, 0.4) is 0 Å². The van der Waals surface area contributed by atoms with Gasteiger partial charge in [0.2, 0.25) is 10.0 Å². The fourth-order valence-corrected chi connectivity index (χ4v) is 3.96. The van der Waals surface area contributed by atoms with Gasteiger partial charge in [-0.15, -0.1) is 11.3 Å². The fraction of sp³-hybridized carbons (Fsp3) is 0.692. The molecule has 1 aromatic rings. The SMILES string of the molecule is Cc1nc(C)c(C(=O)N2CCCCC2CNS(C)(=O)=O)s1. The minimum Gasteiger partial charge on any atom is -0.334 e. The Hall–Kier alpha value is -0.990. The number of hydrogen-bond acceptors (Lipinski definition) is 5. The molecule has 1 N–H and O–H groups in total. The predicted octanol–water partition coefficient (Wildman–Crippen LogP) is 1.30. The van der Waals surface area contributed by atoms with Crippen molar-refractivity contribution in [1.82, 2.24) is 14.6 Å². The van der Waals surface area contributed by atoms with E-state index >= 15 is 0 Å². The normalized spacial score (nSPS) is 19.8. The first kappa shape index (κ1) is 16.4. The molecule has 1 unspecified atom stereocenters. The zero-order chi connectivity index (χ0) is 15.6. The highest BCUT2D eigenvalue weighted by molar-refractivity contribution is 7.88. The topological polar surface area (TPSA) is 79.4 Å². The number of carbonyl (C=O) groups excluding carboxylic acids is 1. The zero-order valence-corrected chi connectivity index (χ0v) is 14.2. The van der Waals surface area contributed by atoms with Gasteiger partial charge in [0.25, 0.3) is 5.91 Å². The minimum atomic E-state index is -3.24. The van der Waals surface area contributed by atoms with Crippen molar-refractivity contribution in [2.75, 3.05) is 19.3 Å². The lowest BCUT2D eigenvalue weighted by atomic mass is 10.0. The van der Waals surface area contributed by atoms with Crippen LogP contribution in [0.2, 0.25) is 0 Å². The summed E-state index contributed by atoms with van der Waals surface area (Å²) in [5, 5.41) is 0.874. The van der Waals surface area contributed by atoms with Crippen LogP contribution >= 0.6 is 11.3 Å². The van der Waals surface area contributed by atoms with E-state index in [2.05, 4.69) is 9.71 Å². The van der Waals surface area contributed by atoms with Gasteiger partial charge in [0, 0.05) is 19.1 Å². The predicted molar refractivity (Wildman–Crippen MR) is 83.1 cm³/mol. The number of thiazole rings is 1. The standard InChI is InChI=1S/C13H21N3O3S2/c1-9-12(20-10(2)15-9)13(17)16-7-5-4-6-11(16)8-14-21(3,18)19/h11,14H,4-8H2,1-3H3. The maximum Gasteiger partial charge on any atom is 0.266 e. The van der Waals surface area contributed by atoms with Crippen molar-refractivity contribution in [3.8, 4) is 0 Å². The molecule has 2 rings (SSSR count). The van der Waals surface area contributed by atoms with Crippen molar-refractivity contribution in [3.05, 3.63) is 15.6 Å². The summed E-state index contributed by atoms with van der Waals surface area (Å²) in [6.07, 6.45) is 3.93. The Bertz CT molecular complexity index is 625. The molecule has 0 saturated carbocycles. The lowest BCUT2D eigenvalue weighted by Gasteiger charge is -2.35. The van der Waals surface area contributed by atoms with Crippen LogP contribution in [0.1, 0.15) is 39.6 Å². The van der Waals surface area contributed by atoms with Gasteiger partial charge in [-0.05, 0) is 33.1 Å². The number of hydrogen-bond donors (Lipinski definition) is 1. The molecule has 1 fully saturated rings. The Morgan fingerprint density at radius 1 is 1.43 bits per heavy atom. The van der Waals surface area contributed by atoms with E-state index in [1.165, 1.54) is 11.3 Å². The molecule has 118 valence electrons. The average Bonchev–Trinajstić information content (AvgIpc) is 2.74. The van der Waals surface area contributed by atoms with Crippen molar-refractivity contribution in [2.45, 2.75) is 39.2 Å². The van der Waals surface area contributed by atoms with Gasteiger partial charge in [0.15, 0.2) is 0 Å². The van der Waals surface area contributed by atoms with Crippen molar-refractivity contribution >= 4 is 27.3 Å². The molecule has 2 heterocycles. The summed E-state index contributed by atoms with van der Waals surface area (Å²) in [5.41, 5.74) is 0.753. The van der Waals surface area contributed by atoms with E-state index in [9.17, 15) is 13.2 Å². The summed E-state index contributed by atoms with van der Waals surface area (Å²) in [4.78, 5) is 19.4. The summed E-state index contributed by atoms with van der Waals surface area (Å²) in [6, 6.07) is -0.0808. The maximum absolute atomic E-state index is 12.7. The molecule has 1 aromatic heterocycles. The Kier molecular flexibility index (Phi) is 5.00. The molecular formula is C13H21N3O3S2. The van der Waals surface area contributed by atoms with Crippen LogP contribution in [0.25, 0.3) is 0 Å². The Morgan fingerprint density at radius 3 is 2.71 bits per heavy atom. The first-order chi connectivity index (χ1) is 9.78. The van der Waals surface area contributed by atoms with Gasteiger partial charge in [-0.3, -0.25) is 4.79 Å². The van der Waals surface area contributed by atoms with Crippen LogP contribution in [0.4, 0.5) is 0 Å². The summed E-state index contributed by atoms with van der Waals surface area (Å²) in [5.74, 6) is -0.0295. The molecule has 1 atom stereocenters. The Labute approximate surface area is 129 Å². The molecule has 1 aliphatic rings. The monoisotopic (exact) mass is 331 g/mol. The highest BCUT2D eigenvalue weighted by Crippen LogP contribution is 2.24. The summed E-state index contributed by atoms with van der Waals surface area (Å²) in [7, 11) is -3.24. The molecular weight excluding hydrogens is 310 g/mol. The summed E-state index contributed by atoms with van der Waals surface area (Å²) < 4.78 is 25.0. The number of aryl methyl sites for hydroxylation is 2. The number of sulfonamides is 1. The third kappa shape index (κ3) is 4.24. The maximum atomic E-state index is 12.7. The number of nitrogens with zero attached hydrogens (tertiary/aromatic N) is 2. The average molecular weight is 331 g/mol. The van der Waals surface area contributed by atoms with Crippen LogP contribution in [-0.2, 0) is 10.0 Å². The summed E-state index contributed by atoms with van der Waals surface area (Å²) in [6.45, 7) is 4.67. The van der Waals surface area contributed by atoms with E-state index in [1.807, 2.05) is 13.8 Å². The molecule has 21 heavy (non-hydrogen) atoms. The largest absolute Gasteiger partial charge is 0.334 e. The molecule has 0 bridgehead atoms. The zero-order valence-electron chi connectivity index (χ0n) is 12.5. The van der Waals surface area contributed by atoms with Gasteiger partial charge in [-0.25, -0.2) is 18.1 Å². The third-order valence-electron chi connectivity index (χ3n) is 3.57. The fourth-order valence-electron chi connectivity index (χ4n) is 2.59. The molecule has 0 spiro atoms. The van der Waals surface area contributed by atoms with Gasteiger partial charge in [-0.2, -0.15) is 0 Å². The van der Waals surface area contributed by atoms with Gasteiger partial charge < -0.3 is 4.90 Å². The molecule has 0 radical (unpaired) electrons. The Morgan fingerprint density at radius 2 is 2.14 bits per heavy atom. The van der Waals surface area contributed by atoms with Crippen LogP contribution < -0.4 is 4.72 Å². The first-order valence-corrected chi connectivity index (χ1v) is 9.68. The van der Waals surface area contributed by atoms with E-state index in [0.717, 1.165) is 36.2 Å². The van der Waals surface area contributed by atoms with E-state index in [1.54, 1.807) is 4.90 Å². The van der Waals surface area contributed by atoms with E-state index < -0.39 is 10.0 Å². The minimum absolute atomic E-state index is 0.0295. The molecule has 0 aromatic carbocycles. The molecule has 1 saturated heterocycles. The van der Waals surface area contributed by atoms with Crippen molar-refractivity contribution in [1.29, 1.82) is 0 Å². The van der Waals surface area contributed by atoms with Gasteiger partial charge >= 0.3 is 0 Å². The molecule has 1 amide bonds. The molecule has 6 nitrogen and oxygen atoms in total. The van der Waals surface area contributed by atoms with Crippen LogP contribution in [0, 0.1) is 13.8 Å². The van der Waals surface area contributed by atoms with E-state index in [-0.39, 0.29) is 18.5 Å². The van der Waals surface area contributed by atoms with Gasteiger partial charge in [-0.1, -0.05) is 0 Å². The highest BCUT2D eigenvalue weighted by Gasteiger charge is 2.30. The van der Waals surface area contributed by atoms with Crippen molar-refractivity contribution < 1.29 is 13.2 Å². The third-order valence-corrected chi connectivity index (χ3v) is 5.32. The van der Waals surface area contributed by atoms with Crippen LogP contribution in [-0.4, -0.2) is 49.6 Å². The number of likely N-dealkylation sites (tertiary alicyclic amines) is 1. The number of piperidine rings is 1. The Balaban J connectivity index is 2.14. The number of aromatic nitrogens is 1. The number of carbonyl (C=O) groups is 1. The van der Waals surface area contributed by atoms with Crippen LogP contribution in [0.5, 0.6) is 0 Å². The second-order valence-electron chi connectivity index (χ2n) is 5.42.